The normalized spacial score (nSPS) is 10.4. The molecule has 3 nitrogen and oxygen atoms in total. The minimum atomic E-state index is 0.567. The van der Waals surface area contributed by atoms with Crippen LogP contribution in [0.2, 0.25) is 0 Å². The van der Waals surface area contributed by atoms with Gasteiger partial charge in [0.1, 0.15) is 18.1 Å². The maximum absolute atomic E-state index is 5.89. The Morgan fingerprint density at radius 2 is 1.57 bits per heavy atom. The quantitative estimate of drug-likeness (QED) is 0.801. The summed E-state index contributed by atoms with van der Waals surface area (Å²) in [5.41, 5.74) is 2.49. The smallest absolute Gasteiger partial charge is 0.123 e. The van der Waals surface area contributed by atoms with Crippen molar-refractivity contribution < 1.29 is 9.47 Å². The summed E-state index contributed by atoms with van der Waals surface area (Å²) < 4.78 is 11.4. The minimum absolute atomic E-state index is 0.567. The Kier molecular flexibility index (Phi) is 6.10. The van der Waals surface area contributed by atoms with Crippen molar-refractivity contribution in [3.05, 3.63) is 59.7 Å². The summed E-state index contributed by atoms with van der Waals surface area (Å²) >= 11 is 0. The van der Waals surface area contributed by atoms with Gasteiger partial charge in [-0.1, -0.05) is 37.3 Å². The van der Waals surface area contributed by atoms with Crippen LogP contribution in [0.4, 0.5) is 0 Å². The van der Waals surface area contributed by atoms with Crippen molar-refractivity contribution in [2.45, 2.75) is 27.0 Å². The first kappa shape index (κ1) is 15.4. The predicted molar refractivity (Wildman–Crippen MR) is 85.8 cm³/mol. The van der Waals surface area contributed by atoms with Crippen molar-refractivity contribution in [2.75, 3.05) is 13.2 Å². The molecule has 2 aromatic rings. The molecule has 0 aliphatic carbocycles. The fraction of sp³-hybridized carbons (Fsp3) is 0.333. The van der Waals surface area contributed by atoms with E-state index in [0.717, 1.165) is 24.6 Å². The lowest BCUT2D eigenvalue weighted by molar-refractivity contribution is 0.298. The monoisotopic (exact) mass is 285 g/mol. The Bertz CT molecular complexity index is 554. The van der Waals surface area contributed by atoms with Crippen molar-refractivity contribution in [2.24, 2.45) is 0 Å². The van der Waals surface area contributed by atoms with E-state index in [4.69, 9.17) is 9.47 Å². The van der Waals surface area contributed by atoms with Gasteiger partial charge in [-0.25, -0.2) is 0 Å². The van der Waals surface area contributed by atoms with Crippen LogP contribution in [0, 0.1) is 0 Å². The molecule has 0 heterocycles. The van der Waals surface area contributed by atoms with E-state index in [0.29, 0.717) is 13.2 Å². The van der Waals surface area contributed by atoms with E-state index < -0.39 is 0 Å². The third kappa shape index (κ3) is 4.80. The molecular formula is C18H23NO2. The predicted octanol–water partition coefficient (Wildman–Crippen LogP) is 3.77. The van der Waals surface area contributed by atoms with Gasteiger partial charge in [0, 0.05) is 12.6 Å². The third-order valence-electron chi connectivity index (χ3n) is 3.19. The Balaban J connectivity index is 2.00. The Morgan fingerprint density at radius 3 is 2.29 bits per heavy atom. The summed E-state index contributed by atoms with van der Waals surface area (Å²) in [6.45, 7) is 7.15. The SMILES string of the molecule is CCNCc1ccccc1COc1cccc(OCC)c1. The molecule has 3 heteroatoms. The van der Waals surface area contributed by atoms with Gasteiger partial charge in [0.2, 0.25) is 0 Å². The zero-order chi connectivity index (χ0) is 14.9. The van der Waals surface area contributed by atoms with Crippen LogP contribution < -0.4 is 14.8 Å². The van der Waals surface area contributed by atoms with Crippen molar-refractivity contribution >= 4 is 0 Å². The molecule has 0 saturated heterocycles. The first-order valence-corrected chi connectivity index (χ1v) is 7.46. The fourth-order valence-electron chi connectivity index (χ4n) is 2.11. The highest BCUT2D eigenvalue weighted by atomic mass is 16.5. The van der Waals surface area contributed by atoms with Crippen LogP contribution in [0.15, 0.2) is 48.5 Å². The average molecular weight is 285 g/mol. The first-order valence-electron chi connectivity index (χ1n) is 7.46. The molecule has 0 aromatic heterocycles. The van der Waals surface area contributed by atoms with Crippen LogP contribution in [-0.4, -0.2) is 13.2 Å². The molecule has 0 bridgehead atoms. The summed E-state index contributed by atoms with van der Waals surface area (Å²) in [5, 5.41) is 3.35. The number of nitrogens with one attached hydrogen (secondary N) is 1. The van der Waals surface area contributed by atoms with Crippen molar-refractivity contribution in [1.82, 2.24) is 5.32 Å². The van der Waals surface area contributed by atoms with Gasteiger partial charge in [-0.2, -0.15) is 0 Å². The van der Waals surface area contributed by atoms with E-state index >= 15 is 0 Å². The van der Waals surface area contributed by atoms with Crippen LogP contribution in [-0.2, 0) is 13.2 Å². The average Bonchev–Trinajstić information content (AvgIpc) is 2.52. The maximum atomic E-state index is 5.89. The maximum Gasteiger partial charge on any atom is 0.123 e. The second-order valence-corrected chi connectivity index (χ2v) is 4.75. The van der Waals surface area contributed by atoms with E-state index in [1.807, 2.05) is 37.3 Å². The Morgan fingerprint density at radius 1 is 0.857 bits per heavy atom. The third-order valence-corrected chi connectivity index (χ3v) is 3.19. The second kappa shape index (κ2) is 8.32. The number of hydrogen-bond acceptors (Lipinski definition) is 3. The van der Waals surface area contributed by atoms with Gasteiger partial charge in [-0.3, -0.25) is 0 Å². The molecule has 0 aliphatic heterocycles. The van der Waals surface area contributed by atoms with Gasteiger partial charge in [-0.05, 0) is 36.7 Å². The zero-order valence-corrected chi connectivity index (χ0v) is 12.8. The zero-order valence-electron chi connectivity index (χ0n) is 12.8. The lowest BCUT2D eigenvalue weighted by Gasteiger charge is -2.12. The molecule has 2 aromatic carbocycles. The summed E-state index contributed by atoms with van der Waals surface area (Å²) in [6, 6.07) is 16.1. The van der Waals surface area contributed by atoms with E-state index in [1.165, 1.54) is 11.1 Å². The standard InChI is InChI=1S/C18H23NO2/c1-3-19-13-15-8-5-6-9-16(15)14-21-18-11-7-10-17(12-18)20-4-2/h5-12,19H,3-4,13-14H2,1-2H3. The molecule has 0 aliphatic rings. The molecule has 1 N–H and O–H groups in total. The first-order chi connectivity index (χ1) is 10.3. The van der Waals surface area contributed by atoms with Crippen LogP contribution in [0.5, 0.6) is 11.5 Å². The fourth-order valence-corrected chi connectivity index (χ4v) is 2.11. The Hall–Kier alpha value is -2.00. The van der Waals surface area contributed by atoms with E-state index in [2.05, 4.69) is 30.4 Å². The van der Waals surface area contributed by atoms with Gasteiger partial charge in [0.05, 0.1) is 6.61 Å². The van der Waals surface area contributed by atoms with Crippen LogP contribution in [0.1, 0.15) is 25.0 Å². The molecule has 0 saturated carbocycles. The molecule has 0 spiro atoms. The van der Waals surface area contributed by atoms with Gasteiger partial charge in [0.25, 0.3) is 0 Å². The number of benzene rings is 2. The highest BCUT2D eigenvalue weighted by Crippen LogP contribution is 2.21. The van der Waals surface area contributed by atoms with Crippen molar-refractivity contribution in [3.8, 4) is 11.5 Å². The molecule has 112 valence electrons. The summed E-state index contributed by atoms with van der Waals surface area (Å²) in [5.74, 6) is 1.68. The summed E-state index contributed by atoms with van der Waals surface area (Å²) in [4.78, 5) is 0. The van der Waals surface area contributed by atoms with E-state index in [9.17, 15) is 0 Å². The number of ether oxygens (including phenoxy) is 2. The molecule has 0 fully saturated rings. The number of hydrogen-bond donors (Lipinski definition) is 1. The molecule has 0 radical (unpaired) electrons. The van der Waals surface area contributed by atoms with Gasteiger partial charge in [-0.15, -0.1) is 0 Å². The minimum Gasteiger partial charge on any atom is -0.494 e. The largest absolute Gasteiger partial charge is 0.494 e. The lowest BCUT2D eigenvalue weighted by atomic mass is 10.1. The molecule has 0 unspecified atom stereocenters. The van der Waals surface area contributed by atoms with E-state index in [-0.39, 0.29) is 0 Å². The molecule has 21 heavy (non-hydrogen) atoms. The molecule has 0 amide bonds. The number of rotatable bonds is 8. The molecule has 0 atom stereocenters. The van der Waals surface area contributed by atoms with Crippen LogP contribution >= 0.6 is 0 Å². The summed E-state index contributed by atoms with van der Waals surface area (Å²) in [6.07, 6.45) is 0. The highest BCUT2D eigenvalue weighted by molar-refractivity contribution is 5.33. The van der Waals surface area contributed by atoms with Crippen LogP contribution in [0.3, 0.4) is 0 Å². The van der Waals surface area contributed by atoms with Gasteiger partial charge in [0.15, 0.2) is 0 Å². The van der Waals surface area contributed by atoms with Gasteiger partial charge >= 0.3 is 0 Å². The lowest BCUT2D eigenvalue weighted by Crippen LogP contribution is -2.13. The van der Waals surface area contributed by atoms with E-state index in [1.54, 1.807) is 0 Å². The molecule has 2 rings (SSSR count). The highest BCUT2D eigenvalue weighted by Gasteiger charge is 2.03. The second-order valence-electron chi connectivity index (χ2n) is 4.75. The van der Waals surface area contributed by atoms with Crippen molar-refractivity contribution in [1.29, 1.82) is 0 Å². The van der Waals surface area contributed by atoms with Gasteiger partial charge < -0.3 is 14.8 Å². The molecular weight excluding hydrogens is 262 g/mol. The van der Waals surface area contributed by atoms with Crippen LogP contribution in [0.25, 0.3) is 0 Å². The van der Waals surface area contributed by atoms with Crippen molar-refractivity contribution in [3.63, 3.8) is 0 Å². The summed E-state index contributed by atoms with van der Waals surface area (Å²) in [7, 11) is 0. The Labute approximate surface area is 126 Å². The topological polar surface area (TPSA) is 30.5 Å².